The molecule has 15 heavy (non-hydrogen) atoms. The van der Waals surface area contributed by atoms with Gasteiger partial charge in [-0.25, -0.2) is 4.98 Å². The fraction of sp³-hybridized carbons (Fsp3) is 0.455. The predicted octanol–water partition coefficient (Wildman–Crippen LogP) is 1.79. The van der Waals surface area contributed by atoms with E-state index in [9.17, 15) is 4.79 Å². The molecule has 80 valence electrons. The molecule has 0 aromatic carbocycles. The van der Waals surface area contributed by atoms with Gasteiger partial charge >= 0.3 is 0 Å². The smallest absolute Gasteiger partial charge is 0.228 e. The number of hydrogen-bond acceptors (Lipinski definition) is 3. The van der Waals surface area contributed by atoms with Crippen LogP contribution in [0, 0.1) is 5.92 Å². The van der Waals surface area contributed by atoms with Gasteiger partial charge in [0.1, 0.15) is 5.82 Å². The summed E-state index contributed by atoms with van der Waals surface area (Å²) in [5.41, 5.74) is 6.11. The summed E-state index contributed by atoms with van der Waals surface area (Å²) in [5, 5.41) is 2.81. The van der Waals surface area contributed by atoms with Gasteiger partial charge in [0, 0.05) is 5.92 Å². The van der Waals surface area contributed by atoms with Crippen molar-refractivity contribution >= 4 is 17.4 Å². The molecule has 1 aromatic heterocycles. The molecule has 0 saturated heterocycles. The Labute approximate surface area is 88.9 Å². The van der Waals surface area contributed by atoms with Gasteiger partial charge < -0.3 is 11.1 Å². The van der Waals surface area contributed by atoms with E-state index in [0.717, 1.165) is 25.7 Å². The number of hydrogen-bond donors (Lipinski definition) is 2. The van der Waals surface area contributed by atoms with Crippen LogP contribution in [-0.2, 0) is 4.79 Å². The molecule has 4 nitrogen and oxygen atoms in total. The molecular formula is C11H15N3O. The van der Waals surface area contributed by atoms with E-state index in [0.29, 0.717) is 11.5 Å². The van der Waals surface area contributed by atoms with Crippen LogP contribution >= 0.6 is 0 Å². The van der Waals surface area contributed by atoms with E-state index in [4.69, 9.17) is 5.73 Å². The molecule has 0 unspecified atom stereocenters. The van der Waals surface area contributed by atoms with Crippen LogP contribution in [0.15, 0.2) is 18.3 Å². The molecule has 0 bridgehead atoms. The third-order valence-electron chi connectivity index (χ3n) is 2.76. The molecule has 1 amide bonds. The van der Waals surface area contributed by atoms with Gasteiger partial charge in [-0.15, -0.1) is 0 Å². The van der Waals surface area contributed by atoms with E-state index >= 15 is 0 Å². The molecule has 0 atom stereocenters. The van der Waals surface area contributed by atoms with Gasteiger partial charge in [0.25, 0.3) is 0 Å². The fourth-order valence-corrected chi connectivity index (χ4v) is 1.90. The number of nitrogen functional groups attached to an aromatic ring is 1. The van der Waals surface area contributed by atoms with Crippen molar-refractivity contribution in [2.24, 2.45) is 5.92 Å². The van der Waals surface area contributed by atoms with Crippen molar-refractivity contribution in [3.8, 4) is 0 Å². The summed E-state index contributed by atoms with van der Waals surface area (Å²) in [4.78, 5) is 15.7. The highest BCUT2D eigenvalue weighted by Gasteiger charge is 2.22. The third-order valence-corrected chi connectivity index (χ3v) is 2.76. The molecule has 1 aliphatic rings. The molecule has 3 N–H and O–H groups in total. The first kappa shape index (κ1) is 9.96. The van der Waals surface area contributed by atoms with E-state index < -0.39 is 0 Å². The summed E-state index contributed by atoms with van der Waals surface area (Å²) in [7, 11) is 0. The van der Waals surface area contributed by atoms with Gasteiger partial charge in [0.05, 0.1) is 11.9 Å². The van der Waals surface area contributed by atoms with Crippen LogP contribution in [0.1, 0.15) is 25.7 Å². The second kappa shape index (κ2) is 4.29. The molecule has 1 aromatic rings. The maximum atomic E-state index is 11.7. The predicted molar refractivity (Wildman–Crippen MR) is 59.2 cm³/mol. The number of carbonyl (C=O) groups is 1. The lowest BCUT2D eigenvalue weighted by molar-refractivity contribution is -0.119. The topological polar surface area (TPSA) is 68.0 Å². The monoisotopic (exact) mass is 205 g/mol. The Kier molecular flexibility index (Phi) is 2.85. The molecule has 1 aliphatic carbocycles. The molecule has 2 rings (SSSR count). The van der Waals surface area contributed by atoms with Crippen molar-refractivity contribution in [3.63, 3.8) is 0 Å². The summed E-state index contributed by atoms with van der Waals surface area (Å²) in [6.07, 6.45) is 5.87. The van der Waals surface area contributed by atoms with Crippen molar-refractivity contribution in [3.05, 3.63) is 18.3 Å². The molecule has 4 heteroatoms. The second-order valence-electron chi connectivity index (χ2n) is 3.95. The minimum Gasteiger partial charge on any atom is -0.397 e. The van der Waals surface area contributed by atoms with Gasteiger partial charge in [-0.1, -0.05) is 12.8 Å². The van der Waals surface area contributed by atoms with Crippen LogP contribution in [0.2, 0.25) is 0 Å². The quantitative estimate of drug-likeness (QED) is 0.773. The molecule has 1 heterocycles. The average Bonchev–Trinajstić information content (AvgIpc) is 2.74. The Balaban J connectivity index is 1.96. The summed E-state index contributed by atoms with van der Waals surface area (Å²) in [5.74, 6) is 0.843. The lowest BCUT2D eigenvalue weighted by Crippen LogP contribution is -2.20. The zero-order chi connectivity index (χ0) is 10.7. The Morgan fingerprint density at radius 3 is 2.73 bits per heavy atom. The van der Waals surface area contributed by atoms with Crippen LogP contribution in [0.5, 0.6) is 0 Å². The van der Waals surface area contributed by atoms with E-state index in [1.165, 1.54) is 0 Å². The summed E-state index contributed by atoms with van der Waals surface area (Å²) < 4.78 is 0. The van der Waals surface area contributed by atoms with E-state index in [1.807, 2.05) is 0 Å². The largest absolute Gasteiger partial charge is 0.397 e. The maximum absolute atomic E-state index is 11.7. The first-order chi connectivity index (χ1) is 7.25. The number of anilines is 2. The van der Waals surface area contributed by atoms with Crippen LogP contribution < -0.4 is 11.1 Å². The van der Waals surface area contributed by atoms with E-state index in [-0.39, 0.29) is 11.8 Å². The van der Waals surface area contributed by atoms with E-state index in [1.54, 1.807) is 18.3 Å². The van der Waals surface area contributed by atoms with E-state index in [2.05, 4.69) is 10.3 Å². The minimum absolute atomic E-state index is 0.0878. The number of nitrogens with one attached hydrogen (secondary N) is 1. The second-order valence-corrected chi connectivity index (χ2v) is 3.95. The number of rotatable bonds is 2. The highest BCUT2D eigenvalue weighted by Crippen LogP contribution is 2.25. The van der Waals surface area contributed by atoms with Gasteiger partial charge in [-0.05, 0) is 25.0 Å². The molecular weight excluding hydrogens is 190 g/mol. The standard InChI is InChI=1S/C11H15N3O/c12-9-5-6-10(13-7-9)14-11(15)8-3-1-2-4-8/h5-8H,1-4,12H2,(H,13,14,15). The first-order valence-corrected chi connectivity index (χ1v) is 5.28. The molecule has 1 fully saturated rings. The van der Waals surface area contributed by atoms with Crippen LogP contribution in [0.25, 0.3) is 0 Å². The van der Waals surface area contributed by atoms with Crippen LogP contribution in [0.4, 0.5) is 11.5 Å². The van der Waals surface area contributed by atoms with Crippen molar-refractivity contribution in [1.29, 1.82) is 0 Å². The number of amides is 1. The first-order valence-electron chi connectivity index (χ1n) is 5.28. The van der Waals surface area contributed by atoms with Crippen LogP contribution in [-0.4, -0.2) is 10.9 Å². The Morgan fingerprint density at radius 1 is 1.40 bits per heavy atom. The van der Waals surface area contributed by atoms with Gasteiger partial charge in [-0.3, -0.25) is 4.79 Å². The zero-order valence-electron chi connectivity index (χ0n) is 8.57. The molecule has 0 aliphatic heterocycles. The Bertz CT molecular complexity index is 341. The van der Waals surface area contributed by atoms with Crippen molar-refractivity contribution in [2.75, 3.05) is 11.1 Å². The lowest BCUT2D eigenvalue weighted by Gasteiger charge is -2.09. The van der Waals surface area contributed by atoms with Gasteiger partial charge in [0.2, 0.25) is 5.91 Å². The zero-order valence-corrected chi connectivity index (χ0v) is 8.57. The summed E-state index contributed by atoms with van der Waals surface area (Å²) in [6, 6.07) is 3.46. The third kappa shape index (κ3) is 2.46. The van der Waals surface area contributed by atoms with Crippen molar-refractivity contribution in [1.82, 2.24) is 4.98 Å². The molecule has 0 radical (unpaired) electrons. The average molecular weight is 205 g/mol. The number of carbonyl (C=O) groups excluding carboxylic acids is 1. The van der Waals surface area contributed by atoms with Crippen molar-refractivity contribution in [2.45, 2.75) is 25.7 Å². The summed E-state index contributed by atoms with van der Waals surface area (Å²) >= 11 is 0. The highest BCUT2D eigenvalue weighted by atomic mass is 16.1. The Morgan fingerprint density at radius 2 is 2.13 bits per heavy atom. The number of pyridine rings is 1. The maximum Gasteiger partial charge on any atom is 0.228 e. The van der Waals surface area contributed by atoms with Gasteiger partial charge in [0.15, 0.2) is 0 Å². The normalized spacial score (nSPS) is 16.5. The molecule has 0 spiro atoms. The highest BCUT2D eigenvalue weighted by molar-refractivity contribution is 5.91. The Hall–Kier alpha value is -1.58. The van der Waals surface area contributed by atoms with Gasteiger partial charge in [-0.2, -0.15) is 0 Å². The SMILES string of the molecule is Nc1ccc(NC(=O)C2CCCC2)nc1. The molecule has 1 saturated carbocycles. The number of nitrogens with zero attached hydrogens (tertiary/aromatic N) is 1. The lowest BCUT2D eigenvalue weighted by atomic mass is 10.1. The fourth-order valence-electron chi connectivity index (χ4n) is 1.90. The summed E-state index contributed by atoms with van der Waals surface area (Å²) in [6.45, 7) is 0. The minimum atomic E-state index is 0.0878. The van der Waals surface area contributed by atoms with Crippen LogP contribution in [0.3, 0.4) is 0 Å². The van der Waals surface area contributed by atoms with Crippen molar-refractivity contribution < 1.29 is 4.79 Å². The number of aromatic nitrogens is 1. The number of nitrogens with two attached hydrogens (primary N) is 1.